The van der Waals surface area contributed by atoms with Crippen LogP contribution in [0, 0.1) is 5.92 Å². The molecule has 5 heteroatoms. The van der Waals surface area contributed by atoms with Crippen molar-refractivity contribution in [3.05, 3.63) is 18.7 Å². The van der Waals surface area contributed by atoms with Crippen LogP contribution >= 0.6 is 0 Å². The van der Waals surface area contributed by atoms with E-state index in [-0.39, 0.29) is 0 Å². The van der Waals surface area contributed by atoms with Crippen molar-refractivity contribution in [3.63, 3.8) is 0 Å². The fourth-order valence-corrected chi connectivity index (χ4v) is 1.48. The maximum atomic E-state index is 4.12. The number of aryl methyl sites for hydroxylation is 1. The molecule has 0 spiro atoms. The SMILES string of the molecule is CC(C)Cn1cc(-c2cncn2C)nn1. The van der Waals surface area contributed by atoms with Crippen LogP contribution in [-0.4, -0.2) is 24.5 Å². The molecule has 0 saturated carbocycles. The normalized spacial score (nSPS) is 11.2. The van der Waals surface area contributed by atoms with Crippen LogP contribution < -0.4 is 0 Å². The lowest BCUT2D eigenvalue weighted by atomic mass is 10.2. The minimum atomic E-state index is 0.575. The molecule has 0 bridgehead atoms. The van der Waals surface area contributed by atoms with Crippen LogP contribution in [0.2, 0.25) is 0 Å². The van der Waals surface area contributed by atoms with Gasteiger partial charge in [0.25, 0.3) is 0 Å². The first-order chi connectivity index (χ1) is 7.16. The summed E-state index contributed by atoms with van der Waals surface area (Å²) >= 11 is 0. The third-order valence-electron chi connectivity index (χ3n) is 2.17. The van der Waals surface area contributed by atoms with Crippen LogP contribution in [0.15, 0.2) is 18.7 Å². The molecule has 0 N–H and O–H groups in total. The maximum absolute atomic E-state index is 4.12. The van der Waals surface area contributed by atoms with Crippen molar-refractivity contribution >= 4 is 0 Å². The highest BCUT2D eigenvalue weighted by Gasteiger charge is 2.07. The van der Waals surface area contributed by atoms with Crippen LogP contribution in [0.5, 0.6) is 0 Å². The number of aromatic nitrogens is 5. The Bertz CT molecular complexity index is 440. The molecule has 0 unspecified atom stereocenters. The van der Waals surface area contributed by atoms with Gasteiger partial charge in [-0.15, -0.1) is 5.10 Å². The molecular formula is C10H15N5. The Morgan fingerprint density at radius 1 is 1.40 bits per heavy atom. The Balaban J connectivity index is 2.24. The van der Waals surface area contributed by atoms with Gasteiger partial charge in [0.1, 0.15) is 5.69 Å². The van der Waals surface area contributed by atoms with E-state index >= 15 is 0 Å². The highest BCUT2D eigenvalue weighted by atomic mass is 15.4. The molecule has 2 aromatic heterocycles. The number of imidazole rings is 1. The van der Waals surface area contributed by atoms with E-state index in [9.17, 15) is 0 Å². The van der Waals surface area contributed by atoms with Crippen molar-refractivity contribution in [1.29, 1.82) is 0 Å². The summed E-state index contributed by atoms with van der Waals surface area (Å²) in [6.07, 6.45) is 5.51. The van der Waals surface area contributed by atoms with Crippen molar-refractivity contribution < 1.29 is 0 Å². The summed E-state index contributed by atoms with van der Waals surface area (Å²) < 4.78 is 3.80. The number of hydrogen-bond acceptors (Lipinski definition) is 3. The van der Waals surface area contributed by atoms with Crippen molar-refractivity contribution in [2.45, 2.75) is 20.4 Å². The molecule has 0 aromatic carbocycles. The molecule has 0 aliphatic rings. The first-order valence-corrected chi connectivity index (χ1v) is 5.03. The Labute approximate surface area is 88.7 Å². The fourth-order valence-electron chi connectivity index (χ4n) is 1.48. The summed E-state index contributed by atoms with van der Waals surface area (Å²) in [4.78, 5) is 4.05. The lowest BCUT2D eigenvalue weighted by molar-refractivity contribution is 0.472. The molecule has 2 aromatic rings. The van der Waals surface area contributed by atoms with Crippen LogP contribution in [0.4, 0.5) is 0 Å². The van der Waals surface area contributed by atoms with Gasteiger partial charge in [0.05, 0.1) is 24.4 Å². The van der Waals surface area contributed by atoms with Gasteiger partial charge in [-0.2, -0.15) is 0 Å². The van der Waals surface area contributed by atoms with E-state index in [0.717, 1.165) is 17.9 Å². The summed E-state index contributed by atoms with van der Waals surface area (Å²) in [6.45, 7) is 5.21. The average Bonchev–Trinajstić information content (AvgIpc) is 2.72. The quantitative estimate of drug-likeness (QED) is 0.759. The van der Waals surface area contributed by atoms with Crippen LogP contribution in [-0.2, 0) is 13.6 Å². The monoisotopic (exact) mass is 205 g/mol. The maximum Gasteiger partial charge on any atom is 0.131 e. The summed E-state index contributed by atoms with van der Waals surface area (Å²) in [5.74, 6) is 0.575. The lowest BCUT2D eigenvalue weighted by Crippen LogP contribution is -2.04. The molecule has 15 heavy (non-hydrogen) atoms. The van der Waals surface area contributed by atoms with E-state index in [1.807, 2.05) is 22.5 Å². The van der Waals surface area contributed by atoms with E-state index < -0.39 is 0 Å². The minimum Gasteiger partial charge on any atom is -0.332 e. The number of nitrogens with zero attached hydrogens (tertiary/aromatic N) is 5. The Morgan fingerprint density at radius 2 is 2.20 bits per heavy atom. The molecule has 0 aliphatic heterocycles. The summed E-state index contributed by atoms with van der Waals surface area (Å²) in [5.41, 5.74) is 1.86. The first-order valence-electron chi connectivity index (χ1n) is 5.03. The predicted molar refractivity (Wildman–Crippen MR) is 57.1 cm³/mol. The summed E-state index contributed by atoms with van der Waals surface area (Å²) in [7, 11) is 1.95. The summed E-state index contributed by atoms with van der Waals surface area (Å²) in [6, 6.07) is 0. The highest BCUT2D eigenvalue weighted by molar-refractivity contribution is 5.51. The molecule has 5 nitrogen and oxygen atoms in total. The van der Waals surface area contributed by atoms with Crippen molar-refractivity contribution in [1.82, 2.24) is 24.5 Å². The summed E-state index contributed by atoms with van der Waals surface area (Å²) in [5, 5.41) is 8.20. The molecule has 0 radical (unpaired) electrons. The average molecular weight is 205 g/mol. The zero-order valence-electron chi connectivity index (χ0n) is 9.25. The molecule has 0 saturated heterocycles. The smallest absolute Gasteiger partial charge is 0.131 e. The molecule has 80 valence electrons. The van der Waals surface area contributed by atoms with Gasteiger partial charge in [0.15, 0.2) is 0 Å². The zero-order valence-corrected chi connectivity index (χ0v) is 9.25. The molecule has 0 amide bonds. The second-order valence-corrected chi connectivity index (χ2v) is 4.11. The standard InChI is InChI=1S/C10H15N5/c1-8(2)5-15-6-9(12-13-15)10-4-11-7-14(10)3/h4,6-8H,5H2,1-3H3. The Kier molecular flexibility index (Phi) is 2.53. The molecule has 0 fully saturated rings. The van der Waals surface area contributed by atoms with Gasteiger partial charge in [-0.1, -0.05) is 19.1 Å². The van der Waals surface area contributed by atoms with Gasteiger partial charge in [-0.05, 0) is 5.92 Å². The molecule has 0 aliphatic carbocycles. The number of rotatable bonds is 3. The van der Waals surface area contributed by atoms with Crippen LogP contribution in [0.1, 0.15) is 13.8 Å². The van der Waals surface area contributed by atoms with Gasteiger partial charge < -0.3 is 4.57 Å². The van der Waals surface area contributed by atoms with E-state index in [4.69, 9.17) is 0 Å². The van der Waals surface area contributed by atoms with Gasteiger partial charge >= 0.3 is 0 Å². The van der Waals surface area contributed by atoms with Crippen LogP contribution in [0.3, 0.4) is 0 Å². The Hall–Kier alpha value is -1.65. The fraction of sp³-hybridized carbons (Fsp3) is 0.500. The molecular weight excluding hydrogens is 190 g/mol. The van der Waals surface area contributed by atoms with Crippen molar-refractivity contribution in [2.24, 2.45) is 13.0 Å². The zero-order chi connectivity index (χ0) is 10.8. The predicted octanol–water partition coefficient (Wildman–Crippen LogP) is 1.33. The topological polar surface area (TPSA) is 48.5 Å². The van der Waals surface area contributed by atoms with Gasteiger partial charge in [0.2, 0.25) is 0 Å². The van der Waals surface area contributed by atoms with Gasteiger partial charge in [-0.3, -0.25) is 4.68 Å². The largest absolute Gasteiger partial charge is 0.332 e. The first kappa shape index (κ1) is 9.89. The minimum absolute atomic E-state index is 0.575. The number of hydrogen-bond donors (Lipinski definition) is 0. The third kappa shape index (κ3) is 2.06. The van der Waals surface area contributed by atoms with Gasteiger partial charge in [0, 0.05) is 13.6 Å². The molecule has 2 rings (SSSR count). The van der Waals surface area contributed by atoms with E-state index in [1.165, 1.54) is 0 Å². The second kappa shape index (κ2) is 3.84. The molecule has 0 atom stereocenters. The van der Waals surface area contributed by atoms with E-state index in [1.54, 1.807) is 12.5 Å². The van der Waals surface area contributed by atoms with E-state index in [0.29, 0.717) is 5.92 Å². The van der Waals surface area contributed by atoms with Crippen LogP contribution in [0.25, 0.3) is 11.4 Å². The van der Waals surface area contributed by atoms with E-state index in [2.05, 4.69) is 29.1 Å². The van der Waals surface area contributed by atoms with Crippen molar-refractivity contribution in [3.8, 4) is 11.4 Å². The van der Waals surface area contributed by atoms with Crippen molar-refractivity contribution in [2.75, 3.05) is 0 Å². The second-order valence-electron chi connectivity index (χ2n) is 4.11. The third-order valence-corrected chi connectivity index (χ3v) is 2.17. The highest BCUT2D eigenvalue weighted by Crippen LogP contribution is 2.14. The van der Waals surface area contributed by atoms with Gasteiger partial charge in [-0.25, -0.2) is 4.98 Å². The molecule has 2 heterocycles. The Morgan fingerprint density at radius 3 is 2.80 bits per heavy atom. The lowest BCUT2D eigenvalue weighted by Gasteiger charge is -2.01.